The van der Waals surface area contributed by atoms with Crippen molar-refractivity contribution in [2.45, 2.75) is 26.3 Å². The Balaban J connectivity index is 3.16. The first-order chi connectivity index (χ1) is 5.45. The maximum Gasteiger partial charge on any atom is 0.141 e. The molecule has 12 heavy (non-hydrogen) atoms. The van der Waals surface area contributed by atoms with Crippen molar-refractivity contribution >= 4 is 22.6 Å². The molecule has 1 rings (SSSR count). The maximum atomic E-state index is 8.69. The van der Waals surface area contributed by atoms with Crippen molar-refractivity contribution in [1.29, 1.82) is 5.26 Å². The highest BCUT2D eigenvalue weighted by Crippen LogP contribution is 2.16. The lowest BCUT2D eigenvalue weighted by atomic mass is 10.1. The van der Waals surface area contributed by atoms with Crippen molar-refractivity contribution in [3.05, 3.63) is 15.5 Å². The van der Waals surface area contributed by atoms with Crippen LogP contribution in [0.4, 0.5) is 0 Å². The monoisotopic (exact) mass is 275 g/mol. The zero-order valence-corrected chi connectivity index (χ0v) is 9.45. The van der Waals surface area contributed by atoms with Gasteiger partial charge in [-0.15, -0.1) is 0 Å². The van der Waals surface area contributed by atoms with Crippen molar-refractivity contribution in [3.63, 3.8) is 0 Å². The minimum Gasteiger partial charge on any atom is -0.265 e. The van der Waals surface area contributed by atoms with E-state index in [4.69, 9.17) is 5.26 Å². The molecule has 1 aromatic heterocycles. The third-order valence-electron chi connectivity index (χ3n) is 1.48. The minimum atomic E-state index is -0.0466. The normalized spacial score (nSPS) is 11.2. The first-order valence-electron chi connectivity index (χ1n) is 3.61. The lowest BCUT2D eigenvalue weighted by Crippen LogP contribution is -2.22. The van der Waals surface area contributed by atoms with Gasteiger partial charge in [-0.05, 0) is 43.4 Å². The summed E-state index contributed by atoms with van der Waals surface area (Å²) in [4.78, 5) is 0. The number of halogens is 1. The van der Waals surface area contributed by atoms with Crippen LogP contribution >= 0.6 is 22.6 Å². The van der Waals surface area contributed by atoms with E-state index in [2.05, 4.69) is 54.5 Å². The third-order valence-corrected chi connectivity index (χ3v) is 2.27. The van der Waals surface area contributed by atoms with Gasteiger partial charge in [-0.3, -0.25) is 4.68 Å². The number of hydrogen-bond donors (Lipinski definition) is 0. The fraction of sp³-hybridized carbons (Fsp3) is 0.500. The van der Waals surface area contributed by atoms with Crippen LogP contribution in [0.5, 0.6) is 0 Å². The van der Waals surface area contributed by atoms with Gasteiger partial charge < -0.3 is 0 Å². The molecule has 0 amide bonds. The van der Waals surface area contributed by atoms with E-state index in [1.54, 1.807) is 6.20 Å². The van der Waals surface area contributed by atoms with Gasteiger partial charge in [0.15, 0.2) is 0 Å². The Bertz CT molecular complexity index is 327. The van der Waals surface area contributed by atoms with Crippen molar-refractivity contribution in [3.8, 4) is 6.07 Å². The molecule has 64 valence electrons. The van der Waals surface area contributed by atoms with Gasteiger partial charge in [0.2, 0.25) is 0 Å². The van der Waals surface area contributed by atoms with Gasteiger partial charge in [-0.2, -0.15) is 10.4 Å². The summed E-state index contributed by atoms with van der Waals surface area (Å²) >= 11 is 2.07. The first-order valence-corrected chi connectivity index (χ1v) is 4.69. The maximum absolute atomic E-state index is 8.69. The van der Waals surface area contributed by atoms with E-state index in [0.717, 1.165) is 3.70 Å². The summed E-state index contributed by atoms with van der Waals surface area (Å²) in [6.07, 6.45) is 1.78. The lowest BCUT2D eigenvalue weighted by Gasteiger charge is -2.18. The molecule has 3 nitrogen and oxygen atoms in total. The molecule has 0 bridgehead atoms. The standard InChI is InChI=1S/C8H10IN3/c1-8(2,3)12-5-6(4-10)7(9)11-12/h5H,1-3H3. The van der Waals surface area contributed by atoms with Crippen LogP contribution in [0.1, 0.15) is 26.3 Å². The number of rotatable bonds is 0. The Morgan fingerprint density at radius 3 is 2.42 bits per heavy atom. The molecule has 0 aromatic carbocycles. The highest BCUT2D eigenvalue weighted by molar-refractivity contribution is 14.1. The van der Waals surface area contributed by atoms with Crippen LogP contribution in [0.25, 0.3) is 0 Å². The van der Waals surface area contributed by atoms with Crippen LogP contribution in [-0.4, -0.2) is 9.78 Å². The Labute approximate surface area is 85.5 Å². The van der Waals surface area contributed by atoms with Gasteiger partial charge in [0.25, 0.3) is 0 Å². The molecule has 0 N–H and O–H groups in total. The van der Waals surface area contributed by atoms with Crippen LogP contribution < -0.4 is 0 Å². The summed E-state index contributed by atoms with van der Waals surface area (Å²) in [7, 11) is 0. The molecule has 0 aliphatic rings. The molecular formula is C8H10IN3. The molecule has 0 unspecified atom stereocenters. The second kappa shape index (κ2) is 3.05. The Morgan fingerprint density at radius 2 is 2.17 bits per heavy atom. The Hall–Kier alpha value is -0.570. The summed E-state index contributed by atoms with van der Waals surface area (Å²) in [5.74, 6) is 0. The molecule has 0 aliphatic carbocycles. The van der Waals surface area contributed by atoms with Gasteiger partial charge in [0, 0.05) is 6.20 Å². The zero-order valence-electron chi connectivity index (χ0n) is 7.30. The van der Waals surface area contributed by atoms with E-state index in [1.165, 1.54) is 0 Å². The molecule has 1 heterocycles. The van der Waals surface area contributed by atoms with Crippen LogP contribution in [0.15, 0.2) is 6.20 Å². The quantitative estimate of drug-likeness (QED) is 0.680. The smallest absolute Gasteiger partial charge is 0.141 e. The summed E-state index contributed by atoms with van der Waals surface area (Å²) in [6.45, 7) is 6.16. The Kier molecular flexibility index (Phi) is 2.42. The van der Waals surface area contributed by atoms with E-state index in [0.29, 0.717) is 5.56 Å². The number of hydrogen-bond acceptors (Lipinski definition) is 2. The number of nitriles is 1. The average Bonchev–Trinajstić information content (AvgIpc) is 2.29. The van der Waals surface area contributed by atoms with Crippen molar-refractivity contribution in [2.75, 3.05) is 0 Å². The van der Waals surface area contributed by atoms with Crippen LogP contribution in [0, 0.1) is 15.0 Å². The fourth-order valence-electron chi connectivity index (χ4n) is 0.772. The van der Waals surface area contributed by atoms with Gasteiger partial charge in [0.05, 0.1) is 5.54 Å². The fourth-order valence-corrected chi connectivity index (χ4v) is 1.26. The molecule has 0 saturated carbocycles. The molecule has 4 heteroatoms. The van der Waals surface area contributed by atoms with Crippen molar-refractivity contribution in [1.82, 2.24) is 9.78 Å². The van der Waals surface area contributed by atoms with Gasteiger partial charge in [0.1, 0.15) is 15.3 Å². The van der Waals surface area contributed by atoms with Gasteiger partial charge in [-0.1, -0.05) is 0 Å². The summed E-state index contributed by atoms with van der Waals surface area (Å²) in [5.41, 5.74) is 0.597. The molecule has 0 spiro atoms. The van der Waals surface area contributed by atoms with E-state index >= 15 is 0 Å². The molecule has 0 aliphatic heterocycles. The third kappa shape index (κ3) is 1.78. The molecule has 0 fully saturated rings. The second-order valence-corrected chi connectivity index (χ2v) is 4.58. The molecule has 1 aromatic rings. The predicted octanol–water partition coefficient (Wildman–Crippen LogP) is 2.11. The van der Waals surface area contributed by atoms with Crippen LogP contribution in [0.3, 0.4) is 0 Å². The summed E-state index contributed by atoms with van der Waals surface area (Å²) in [5, 5.41) is 12.9. The average molecular weight is 275 g/mol. The molecule has 0 radical (unpaired) electrons. The van der Waals surface area contributed by atoms with E-state index in [9.17, 15) is 0 Å². The summed E-state index contributed by atoms with van der Waals surface area (Å²) in [6, 6.07) is 2.10. The van der Waals surface area contributed by atoms with E-state index in [1.807, 2.05) is 4.68 Å². The van der Waals surface area contributed by atoms with Crippen LogP contribution in [0.2, 0.25) is 0 Å². The van der Waals surface area contributed by atoms with E-state index < -0.39 is 0 Å². The molecular weight excluding hydrogens is 265 g/mol. The van der Waals surface area contributed by atoms with Crippen molar-refractivity contribution < 1.29 is 0 Å². The highest BCUT2D eigenvalue weighted by Gasteiger charge is 2.16. The molecule has 0 atom stereocenters. The first kappa shape index (κ1) is 9.52. The zero-order chi connectivity index (χ0) is 9.35. The molecule has 0 saturated heterocycles. The predicted molar refractivity (Wildman–Crippen MR) is 54.7 cm³/mol. The summed E-state index contributed by atoms with van der Waals surface area (Å²) < 4.78 is 2.58. The minimum absolute atomic E-state index is 0.0466. The van der Waals surface area contributed by atoms with E-state index in [-0.39, 0.29) is 5.54 Å². The SMILES string of the molecule is CC(C)(C)n1cc(C#N)c(I)n1. The van der Waals surface area contributed by atoms with Gasteiger partial charge >= 0.3 is 0 Å². The largest absolute Gasteiger partial charge is 0.265 e. The van der Waals surface area contributed by atoms with Crippen molar-refractivity contribution in [2.24, 2.45) is 0 Å². The Morgan fingerprint density at radius 1 is 1.58 bits per heavy atom. The number of aromatic nitrogens is 2. The van der Waals surface area contributed by atoms with Crippen LogP contribution in [-0.2, 0) is 5.54 Å². The number of nitrogens with zero attached hydrogens (tertiary/aromatic N) is 3. The lowest BCUT2D eigenvalue weighted by molar-refractivity contribution is 0.354. The highest BCUT2D eigenvalue weighted by atomic mass is 127. The van der Waals surface area contributed by atoms with Gasteiger partial charge in [-0.25, -0.2) is 0 Å². The topological polar surface area (TPSA) is 41.6 Å². The second-order valence-electron chi connectivity index (χ2n) is 3.56.